The average molecular weight is 746 g/mol. The van der Waals surface area contributed by atoms with Crippen LogP contribution in [0.4, 0.5) is 16.3 Å². The fourth-order valence-corrected chi connectivity index (χ4v) is 8.33. The third-order valence-corrected chi connectivity index (χ3v) is 11.1. The van der Waals surface area contributed by atoms with E-state index in [4.69, 9.17) is 14.6 Å². The van der Waals surface area contributed by atoms with Crippen LogP contribution in [-0.2, 0) is 11.8 Å². The summed E-state index contributed by atoms with van der Waals surface area (Å²) in [5, 5.41) is 11.3. The number of urea groups is 1. The zero-order chi connectivity index (χ0) is 38.0. The number of nitrogens with zero attached hydrogens (tertiary/aromatic N) is 5. The number of benzene rings is 3. The summed E-state index contributed by atoms with van der Waals surface area (Å²) in [7, 11) is 3.10. The van der Waals surface area contributed by atoms with Gasteiger partial charge in [-0.2, -0.15) is 15.1 Å². The molecule has 4 heterocycles. The first-order valence-electron chi connectivity index (χ1n) is 18.4. The molecule has 2 aliphatic heterocycles. The van der Waals surface area contributed by atoms with Gasteiger partial charge in [0.25, 0.3) is 5.91 Å². The third-order valence-electron chi connectivity index (χ3n) is 10.2. The molecular weight excluding hydrogens is 699 g/mol. The van der Waals surface area contributed by atoms with Crippen molar-refractivity contribution in [2.75, 3.05) is 24.9 Å². The number of aryl methyl sites for hydroxylation is 1. The minimum Gasteiger partial charge on any atom is -0.481 e. The molecule has 54 heavy (non-hydrogen) atoms. The monoisotopic (exact) mass is 745 g/mol. The maximum Gasteiger partial charge on any atom is 0.324 e. The topological polar surface area (TPSA) is 124 Å². The molecule has 7 rings (SSSR count). The quantitative estimate of drug-likeness (QED) is 0.136. The zero-order valence-electron chi connectivity index (χ0n) is 31.6. The molecule has 12 heteroatoms. The standard InChI is InChI=1S/C42H47N7O4S/c1-26-11-17-30(18-12-26)49-36(24-35(47-49)42(2,3)4)44-40(51)43-29-15-13-27(14-16-29)21-28-22-31-19-20-32(23-28)48(31)39(50)33-9-7-8-10-34(33)54-41-45-37(52-5)25-38(46-41)53-6/h7-18,24-25,28,31-32H,19-23H2,1-6H3,(H2,43,44,51). The van der Waals surface area contributed by atoms with Gasteiger partial charge in [0, 0.05) is 34.1 Å². The van der Waals surface area contributed by atoms with E-state index in [9.17, 15) is 9.59 Å². The number of carbonyl (C=O) groups excluding carboxylic acids is 2. The lowest BCUT2D eigenvalue weighted by Crippen LogP contribution is -2.47. The van der Waals surface area contributed by atoms with Crippen LogP contribution in [0.1, 0.15) is 73.6 Å². The van der Waals surface area contributed by atoms with Gasteiger partial charge in [0.15, 0.2) is 5.16 Å². The van der Waals surface area contributed by atoms with Gasteiger partial charge in [0.05, 0.1) is 37.2 Å². The van der Waals surface area contributed by atoms with Crippen LogP contribution >= 0.6 is 11.8 Å². The van der Waals surface area contributed by atoms with Crippen molar-refractivity contribution in [2.45, 2.75) is 87.3 Å². The minimum absolute atomic E-state index is 0.0594. The Morgan fingerprint density at radius 3 is 2.13 bits per heavy atom. The van der Waals surface area contributed by atoms with E-state index in [1.54, 1.807) is 25.0 Å². The van der Waals surface area contributed by atoms with E-state index in [2.05, 4.69) is 58.4 Å². The second kappa shape index (κ2) is 15.5. The minimum atomic E-state index is -0.333. The lowest BCUT2D eigenvalue weighted by atomic mass is 9.85. The summed E-state index contributed by atoms with van der Waals surface area (Å²) >= 11 is 1.33. The number of nitrogens with one attached hydrogen (secondary N) is 2. The van der Waals surface area contributed by atoms with E-state index < -0.39 is 0 Å². The summed E-state index contributed by atoms with van der Waals surface area (Å²) in [6.45, 7) is 8.36. The molecular formula is C42H47N7O4S. The number of fused-ring (bicyclic) bond motifs is 2. The molecule has 2 aromatic heterocycles. The molecule has 3 amide bonds. The highest BCUT2D eigenvalue weighted by Crippen LogP contribution is 2.42. The maximum absolute atomic E-state index is 14.1. The molecule has 0 radical (unpaired) electrons. The highest BCUT2D eigenvalue weighted by Gasteiger charge is 2.43. The molecule has 2 saturated heterocycles. The number of carbonyl (C=O) groups is 2. The molecule has 2 N–H and O–H groups in total. The number of ether oxygens (including phenoxy) is 2. The van der Waals surface area contributed by atoms with Crippen LogP contribution < -0.4 is 20.1 Å². The summed E-state index contributed by atoms with van der Waals surface area (Å²) in [6, 6.07) is 27.4. The van der Waals surface area contributed by atoms with Gasteiger partial charge in [-0.25, -0.2) is 9.48 Å². The molecule has 2 unspecified atom stereocenters. The summed E-state index contributed by atoms with van der Waals surface area (Å²) in [4.78, 5) is 39.2. The van der Waals surface area contributed by atoms with Gasteiger partial charge in [-0.05, 0) is 98.7 Å². The van der Waals surface area contributed by atoms with Gasteiger partial charge >= 0.3 is 6.03 Å². The van der Waals surface area contributed by atoms with E-state index in [0.29, 0.717) is 39.9 Å². The van der Waals surface area contributed by atoms with Crippen LogP contribution in [-0.4, -0.2) is 62.9 Å². The number of methoxy groups -OCH3 is 2. The molecule has 5 aromatic rings. The molecule has 2 atom stereocenters. The summed E-state index contributed by atoms with van der Waals surface area (Å²) in [6.07, 6.45) is 4.86. The molecule has 3 aromatic carbocycles. The molecule has 0 aliphatic carbocycles. The lowest BCUT2D eigenvalue weighted by Gasteiger charge is -2.39. The normalized spacial score (nSPS) is 18.0. The summed E-state index contributed by atoms with van der Waals surface area (Å²) in [5.74, 6) is 1.93. The van der Waals surface area contributed by atoms with Gasteiger partial charge in [0.1, 0.15) is 5.82 Å². The van der Waals surface area contributed by atoms with E-state index >= 15 is 0 Å². The Balaban J connectivity index is 0.972. The Kier molecular flexibility index (Phi) is 10.6. The largest absolute Gasteiger partial charge is 0.481 e. The van der Waals surface area contributed by atoms with Gasteiger partial charge in [-0.3, -0.25) is 10.1 Å². The van der Waals surface area contributed by atoms with Gasteiger partial charge in [-0.1, -0.05) is 62.7 Å². The van der Waals surface area contributed by atoms with Crippen molar-refractivity contribution in [3.8, 4) is 17.4 Å². The third kappa shape index (κ3) is 8.23. The number of hydrogen-bond donors (Lipinski definition) is 2. The lowest BCUT2D eigenvalue weighted by molar-refractivity contribution is 0.0521. The summed E-state index contributed by atoms with van der Waals surface area (Å²) in [5.41, 5.74) is 5.32. The highest BCUT2D eigenvalue weighted by atomic mass is 32.2. The highest BCUT2D eigenvalue weighted by molar-refractivity contribution is 7.99. The van der Waals surface area contributed by atoms with Crippen molar-refractivity contribution in [2.24, 2.45) is 5.92 Å². The van der Waals surface area contributed by atoms with E-state index in [0.717, 1.165) is 53.9 Å². The Labute approximate surface area is 320 Å². The molecule has 2 bridgehead atoms. The number of piperidine rings is 1. The van der Waals surface area contributed by atoms with E-state index in [1.165, 1.54) is 17.3 Å². The Bertz CT molecular complexity index is 2090. The van der Waals surface area contributed by atoms with Crippen LogP contribution in [0.5, 0.6) is 11.8 Å². The molecule has 280 valence electrons. The van der Waals surface area contributed by atoms with Gasteiger partial charge in [-0.15, -0.1) is 0 Å². The SMILES string of the molecule is COc1cc(OC)nc(Sc2ccccc2C(=O)N2C3CCC2CC(Cc2ccc(NC(=O)Nc4cc(C(C)(C)C)nn4-c4ccc(C)cc4)cc2)C3)n1. The summed E-state index contributed by atoms with van der Waals surface area (Å²) < 4.78 is 12.4. The molecule has 0 saturated carbocycles. The zero-order valence-corrected chi connectivity index (χ0v) is 32.4. The number of rotatable bonds is 10. The van der Waals surface area contributed by atoms with Crippen LogP contribution in [0.2, 0.25) is 0 Å². The fourth-order valence-electron chi connectivity index (χ4n) is 7.45. The van der Waals surface area contributed by atoms with Crippen LogP contribution in [0.3, 0.4) is 0 Å². The second-order valence-electron chi connectivity index (χ2n) is 15.2. The van der Waals surface area contributed by atoms with Crippen molar-refractivity contribution in [3.05, 3.63) is 107 Å². The van der Waals surface area contributed by atoms with Crippen molar-refractivity contribution in [1.82, 2.24) is 24.6 Å². The predicted molar refractivity (Wildman–Crippen MR) is 211 cm³/mol. The number of anilines is 2. The Morgan fingerprint density at radius 2 is 1.50 bits per heavy atom. The first-order valence-corrected chi connectivity index (χ1v) is 19.2. The number of amides is 3. The smallest absolute Gasteiger partial charge is 0.324 e. The molecule has 11 nitrogen and oxygen atoms in total. The van der Waals surface area contributed by atoms with Crippen LogP contribution in [0, 0.1) is 12.8 Å². The second-order valence-corrected chi connectivity index (χ2v) is 16.2. The first kappa shape index (κ1) is 37.0. The number of hydrogen-bond acceptors (Lipinski definition) is 8. The Morgan fingerprint density at radius 1 is 0.852 bits per heavy atom. The maximum atomic E-state index is 14.1. The van der Waals surface area contributed by atoms with Crippen LogP contribution in [0.15, 0.2) is 95.0 Å². The van der Waals surface area contributed by atoms with E-state index in [1.807, 2.05) is 73.7 Å². The first-order chi connectivity index (χ1) is 26.0. The van der Waals surface area contributed by atoms with Crippen LogP contribution in [0.25, 0.3) is 5.69 Å². The average Bonchev–Trinajstić information content (AvgIpc) is 3.70. The van der Waals surface area contributed by atoms with Gasteiger partial charge < -0.3 is 19.7 Å². The molecule has 2 fully saturated rings. The van der Waals surface area contributed by atoms with Crippen molar-refractivity contribution >= 4 is 35.2 Å². The molecule has 2 aliphatic rings. The fraction of sp³-hybridized carbons (Fsp3) is 0.357. The van der Waals surface area contributed by atoms with Gasteiger partial charge in [0.2, 0.25) is 11.8 Å². The number of aromatic nitrogens is 4. The Hall–Kier alpha value is -5.36. The van der Waals surface area contributed by atoms with Crippen molar-refractivity contribution < 1.29 is 19.1 Å². The molecule has 0 spiro atoms. The van der Waals surface area contributed by atoms with Crippen molar-refractivity contribution in [1.29, 1.82) is 0 Å². The predicted octanol–water partition coefficient (Wildman–Crippen LogP) is 8.71. The van der Waals surface area contributed by atoms with Crippen molar-refractivity contribution in [3.63, 3.8) is 0 Å². The van der Waals surface area contributed by atoms with E-state index in [-0.39, 0.29) is 29.4 Å².